The summed E-state index contributed by atoms with van der Waals surface area (Å²) in [7, 11) is -3.69. The van der Waals surface area contributed by atoms with Crippen molar-refractivity contribution in [3.8, 4) is 6.07 Å². The maximum absolute atomic E-state index is 12.3. The van der Waals surface area contributed by atoms with Crippen molar-refractivity contribution in [2.75, 3.05) is 38.2 Å². The molecule has 0 unspecified atom stereocenters. The van der Waals surface area contributed by atoms with E-state index in [2.05, 4.69) is 10.0 Å². The second kappa shape index (κ2) is 9.38. The van der Waals surface area contributed by atoms with Crippen molar-refractivity contribution in [2.45, 2.75) is 18.2 Å². The molecule has 0 atom stereocenters. The maximum Gasteiger partial charge on any atom is 0.242 e. The van der Waals surface area contributed by atoms with Gasteiger partial charge in [-0.15, -0.1) is 0 Å². The molecule has 8 heteroatoms. The molecule has 1 aromatic rings. The maximum atomic E-state index is 12.3. The minimum absolute atomic E-state index is 0.0522. The van der Waals surface area contributed by atoms with E-state index < -0.39 is 10.0 Å². The molecule has 0 saturated heterocycles. The molecule has 3 N–H and O–H groups in total. The van der Waals surface area contributed by atoms with Gasteiger partial charge in [-0.05, 0) is 31.5 Å². The topological polar surface area (TPSA) is 111 Å². The number of benzene rings is 1. The van der Waals surface area contributed by atoms with E-state index in [1.165, 1.54) is 18.2 Å². The van der Waals surface area contributed by atoms with Crippen LogP contribution in [0.25, 0.3) is 0 Å². The monoisotopic (exact) mass is 327 g/mol. The summed E-state index contributed by atoms with van der Waals surface area (Å²) in [4.78, 5) is 0.0522. The quantitative estimate of drug-likeness (QED) is 0.545. The second-order valence-electron chi connectivity index (χ2n) is 4.42. The zero-order chi connectivity index (χ0) is 16.4. The molecule has 0 saturated carbocycles. The molecule has 0 radical (unpaired) electrons. The van der Waals surface area contributed by atoms with Gasteiger partial charge in [0.1, 0.15) is 4.90 Å². The van der Waals surface area contributed by atoms with Crippen LogP contribution in [0.4, 0.5) is 5.69 Å². The summed E-state index contributed by atoms with van der Waals surface area (Å²) in [5.41, 5.74) is 0.640. The number of aliphatic hydroxyl groups excluding tert-OH is 1. The number of nitrogens with one attached hydrogen (secondary N) is 2. The first-order chi connectivity index (χ1) is 10.5. The van der Waals surface area contributed by atoms with Gasteiger partial charge in [-0.2, -0.15) is 5.26 Å². The molecular formula is C14H21N3O4S. The van der Waals surface area contributed by atoms with Gasteiger partial charge in [-0.1, -0.05) is 0 Å². The molecule has 0 spiro atoms. The van der Waals surface area contributed by atoms with Crippen LogP contribution in [0.5, 0.6) is 0 Å². The van der Waals surface area contributed by atoms with Crippen LogP contribution >= 0.6 is 0 Å². The van der Waals surface area contributed by atoms with E-state index in [4.69, 9.17) is 15.1 Å². The molecule has 1 rings (SSSR count). The molecule has 0 amide bonds. The Morgan fingerprint density at radius 3 is 2.77 bits per heavy atom. The summed E-state index contributed by atoms with van der Waals surface area (Å²) in [6.07, 6.45) is 0.572. The average molecular weight is 327 g/mol. The summed E-state index contributed by atoms with van der Waals surface area (Å²) >= 11 is 0. The van der Waals surface area contributed by atoms with Gasteiger partial charge in [0.25, 0.3) is 0 Å². The van der Waals surface area contributed by atoms with Crippen LogP contribution in [-0.4, -0.2) is 46.4 Å². The Hall–Kier alpha value is -1.66. The summed E-state index contributed by atoms with van der Waals surface area (Å²) in [6, 6.07) is 6.22. The van der Waals surface area contributed by atoms with Crippen molar-refractivity contribution in [2.24, 2.45) is 0 Å². The van der Waals surface area contributed by atoms with Crippen LogP contribution in [0.15, 0.2) is 23.1 Å². The number of hydrogen-bond acceptors (Lipinski definition) is 6. The molecule has 0 fully saturated rings. The summed E-state index contributed by atoms with van der Waals surface area (Å²) in [6.45, 7) is 3.28. The number of nitriles is 1. The molecule has 0 bridgehead atoms. The number of anilines is 1. The van der Waals surface area contributed by atoms with Crippen molar-refractivity contribution in [3.05, 3.63) is 23.8 Å². The number of ether oxygens (including phenoxy) is 1. The van der Waals surface area contributed by atoms with Gasteiger partial charge in [0, 0.05) is 26.3 Å². The Kier molecular flexibility index (Phi) is 7.84. The molecule has 0 aliphatic heterocycles. The lowest BCUT2D eigenvalue weighted by atomic mass is 10.2. The first kappa shape index (κ1) is 18.4. The van der Waals surface area contributed by atoms with E-state index in [1.807, 2.05) is 13.0 Å². The molecule has 0 aromatic heterocycles. The summed E-state index contributed by atoms with van der Waals surface area (Å²) in [5, 5.41) is 20.6. The van der Waals surface area contributed by atoms with Gasteiger partial charge in [0.15, 0.2) is 0 Å². The zero-order valence-corrected chi connectivity index (χ0v) is 13.3. The van der Waals surface area contributed by atoms with Gasteiger partial charge in [0.05, 0.1) is 23.9 Å². The Labute approximate surface area is 131 Å². The van der Waals surface area contributed by atoms with Crippen LogP contribution in [0, 0.1) is 11.3 Å². The third-order valence-corrected chi connectivity index (χ3v) is 4.31. The van der Waals surface area contributed by atoms with Gasteiger partial charge in [-0.25, -0.2) is 13.1 Å². The largest absolute Gasteiger partial charge is 0.395 e. The molecule has 0 heterocycles. The standard InChI is InChI=1S/C14H21N3O4S/c1-2-21-9-3-6-17-22(19,20)14-5-4-12(11-15)10-13(14)16-7-8-18/h4-5,10,16-18H,2-3,6-9H2,1H3. The highest BCUT2D eigenvalue weighted by Crippen LogP contribution is 2.22. The first-order valence-corrected chi connectivity index (χ1v) is 8.49. The van der Waals surface area contributed by atoms with Crippen molar-refractivity contribution in [1.82, 2.24) is 4.72 Å². The fourth-order valence-electron chi connectivity index (χ4n) is 1.77. The van der Waals surface area contributed by atoms with Crippen LogP contribution in [0.2, 0.25) is 0 Å². The normalized spacial score (nSPS) is 11.1. The number of hydrogen-bond donors (Lipinski definition) is 3. The fraction of sp³-hybridized carbons (Fsp3) is 0.500. The van der Waals surface area contributed by atoms with Gasteiger partial charge < -0.3 is 15.2 Å². The molecular weight excluding hydrogens is 306 g/mol. The Balaban J connectivity index is 2.85. The van der Waals surface area contributed by atoms with Crippen molar-refractivity contribution in [1.29, 1.82) is 5.26 Å². The molecule has 22 heavy (non-hydrogen) atoms. The van der Waals surface area contributed by atoms with Crippen LogP contribution in [0.3, 0.4) is 0 Å². The Bertz CT molecular complexity index is 611. The van der Waals surface area contributed by atoms with Gasteiger partial charge in [-0.3, -0.25) is 0 Å². The minimum atomic E-state index is -3.69. The van der Waals surface area contributed by atoms with Crippen LogP contribution in [-0.2, 0) is 14.8 Å². The van der Waals surface area contributed by atoms with Crippen molar-refractivity contribution >= 4 is 15.7 Å². The van der Waals surface area contributed by atoms with E-state index in [0.29, 0.717) is 30.9 Å². The third-order valence-electron chi connectivity index (χ3n) is 2.79. The lowest BCUT2D eigenvalue weighted by Gasteiger charge is -2.13. The Morgan fingerprint density at radius 2 is 2.14 bits per heavy atom. The van der Waals surface area contributed by atoms with Gasteiger partial charge >= 0.3 is 0 Å². The smallest absolute Gasteiger partial charge is 0.242 e. The summed E-state index contributed by atoms with van der Waals surface area (Å²) in [5.74, 6) is 0. The minimum Gasteiger partial charge on any atom is -0.395 e. The van der Waals surface area contributed by atoms with Gasteiger partial charge in [0.2, 0.25) is 10.0 Å². The molecule has 122 valence electrons. The summed E-state index contributed by atoms with van der Waals surface area (Å²) < 4.78 is 32.3. The number of nitrogens with zero attached hydrogens (tertiary/aromatic N) is 1. The van der Waals surface area contributed by atoms with Crippen molar-refractivity contribution in [3.63, 3.8) is 0 Å². The molecule has 1 aromatic carbocycles. The van der Waals surface area contributed by atoms with E-state index >= 15 is 0 Å². The molecule has 0 aliphatic carbocycles. The number of aliphatic hydroxyl groups is 1. The predicted molar refractivity (Wildman–Crippen MR) is 83.0 cm³/mol. The third kappa shape index (κ3) is 5.61. The second-order valence-corrected chi connectivity index (χ2v) is 6.16. The molecule has 7 nitrogen and oxygen atoms in total. The van der Waals surface area contributed by atoms with E-state index in [1.54, 1.807) is 0 Å². The molecule has 0 aliphatic rings. The average Bonchev–Trinajstić information content (AvgIpc) is 2.52. The predicted octanol–water partition coefficient (Wildman–Crippen LogP) is 0.667. The first-order valence-electron chi connectivity index (χ1n) is 7.01. The van der Waals surface area contributed by atoms with Crippen LogP contribution in [0.1, 0.15) is 18.9 Å². The Morgan fingerprint density at radius 1 is 1.36 bits per heavy atom. The van der Waals surface area contributed by atoms with E-state index in [9.17, 15) is 8.42 Å². The zero-order valence-electron chi connectivity index (χ0n) is 12.5. The van der Waals surface area contributed by atoms with E-state index in [-0.39, 0.29) is 24.6 Å². The lowest BCUT2D eigenvalue weighted by molar-refractivity contribution is 0.146. The lowest BCUT2D eigenvalue weighted by Crippen LogP contribution is -2.26. The number of rotatable bonds is 10. The highest BCUT2D eigenvalue weighted by Gasteiger charge is 2.18. The SMILES string of the molecule is CCOCCCNS(=O)(=O)c1ccc(C#N)cc1NCCO. The number of sulfonamides is 1. The van der Waals surface area contributed by atoms with Crippen LogP contribution < -0.4 is 10.0 Å². The van der Waals surface area contributed by atoms with E-state index in [0.717, 1.165) is 0 Å². The highest BCUT2D eigenvalue weighted by atomic mass is 32.2. The fourth-order valence-corrected chi connectivity index (χ4v) is 3.00. The highest BCUT2D eigenvalue weighted by molar-refractivity contribution is 7.89. The van der Waals surface area contributed by atoms with Crippen molar-refractivity contribution < 1.29 is 18.3 Å².